The minimum atomic E-state index is -0.879. The van der Waals surface area contributed by atoms with Gasteiger partial charge in [0.05, 0.1) is 6.42 Å². The first-order valence-electron chi connectivity index (χ1n) is 5.90. The summed E-state index contributed by atoms with van der Waals surface area (Å²) >= 11 is 5.90. The van der Waals surface area contributed by atoms with Crippen LogP contribution in [0.25, 0.3) is 6.08 Å². The van der Waals surface area contributed by atoms with Crippen LogP contribution in [0.2, 0.25) is 5.02 Å². The van der Waals surface area contributed by atoms with Crippen molar-refractivity contribution in [3.05, 3.63) is 40.4 Å². The van der Waals surface area contributed by atoms with Gasteiger partial charge < -0.3 is 10.4 Å². The molecule has 1 aromatic rings. The number of carboxylic acid groups (broad SMARTS) is 1. The van der Waals surface area contributed by atoms with Crippen molar-refractivity contribution in [3.8, 4) is 0 Å². The second kappa shape index (κ2) is 7.59. The van der Waals surface area contributed by atoms with Crippen molar-refractivity contribution in [2.45, 2.75) is 19.8 Å². The van der Waals surface area contributed by atoms with E-state index < -0.39 is 5.97 Å². The summed E-state index contributed by atoms with van der Waals surface area (Å²) in [6.07, 6.45) is 4.35. The minimum absolute atomic E-state index is 0.0391. The van der Waals surface area contributed by atoms with E-state index in [4.69, 9.17) is 16.7 Å². The number of amides is 1. The van der Waals surface area contributed by atoms with Crippen molar-refractivity contribution < 1.29 is 14.7 Å². The largest absolute Gasteiger partial charge is 0.481 e. The quantitative estimate of drug-likeness (QED) is 0.788. The lowest BCUT2D eigenvalue weighted by molar-refractivity contribution is -0.136. The lowest BCUT2D eigenvalue weighted by Gasteiger charge is -2.04. The Hall–Kier alpha value is -1.81. The van der Waals surface area contributed by atoms with E-state index in [1.807, 2.05) is 12.2 Å². The molecule has 0 aliphatic rings. The molecule has 0 bridgehead atoms. The van der Waals surface area contributed by atoms with Crippen molar-refractivity contribution in [2.24, 2.45) is 0 Å². The van der Waals surface area contributed by atoms with E-state index in [9.17, 15) is 9.59 Å². The van der Waals surface area contributed by atoms with Gasteiger partial charge in [-0.15, -0.1) is 0 Å². The lowest BCUT2D eigenvalue weighted by Crippen LogP contribution is -2.20. The monoisotopic (exact) mass is 281 g/mol. The zero-order valence-electron chi connectivity index (χ0n) is 10.6. The molecule has 0 saturated heterocycles. The summed E-state index contributed by atoms with van der Waals surface area (Å²) < 4.78 is 0. The molecule has 102 valence electrons. The Bertz CT molecular complexity index is 497. The SMILES string of the molecule is CC(=O)NCCC=Cc1cc(Cl)ccc1CC(=O)O. The van der Waals surface area contributed by atoms with E-state index in [-0.39, 0.29) is 12.3 Å². The Balaban J connectivity index is 2.69. The van der Waals surface area contributed by atoms with E-state index in [1.54, 1.807) is 18.2 Å². The van der Waals surface area contributed by atoms with Crippen molar-refractivity contribution in [1.82, 2.24) is 5.32 Å². The van der Waals surface area contributed by atoms with Crippen molar-refractivity contribution in [1.29, 1.82) is 0 Å². The predicted octanol–water partition coefficient (Wildman–Crippen LogP) is 2.51. The third-order valence-corrected chi connectivity index (χ3v) is 2.67. The van der Waals surface area contributed by atoms with Crippen LogP contribution in [0.4, 0.5) is 0 Å². The molecule has 5 heteroatoms. The first-order chi connectivity index (χ1) is 8.99. The molecule has 0 atom stereocenters. The molecule has 1 aromatic carbocycles. The molecule has 0 saturated carbocycles. The van der Waals surface area contributed by atoms with Gasteiger partial charge in [-0.1, -0.05) is 29.8 Å². The van der Waals surface area contributed by atoms with E-state index in [1.165, 1.54) is 6.92 Å². The summed E-state index contributed by atoms with van der Waals surface area (Å²) in [5.41, 5.74) is 1.51. The summed E-state index contributed by atoms with van der Waals surface area (Å²) in [6.45, 7) is 2.02. The van der Waals surface area contributed by atoms with Gasteiger partial charge in [-0.25, -0.2) is 0 Å². The molecular weight excluding hydrogens is 266 g/mol. The van der Waals surface area contributed by atoms with Gasteiger partial charge in [0.15, 0.2) is 0 Å². The highest BCUT2D eigenvalue weighted by molar-refractivity contribution is 6.30. The Kier molecular flexibility index (Phi) is 6.09. The second-order valence-corrected chi connectivity index (χ2v) is 4.52. The molecule has 0 aliphatic carbocycles. The van der Waals surface area contributed by atoms with Gasteiger partial charge in [0.1, 0.15) is 0 Å². The van der Waals surface area contributed by atoms with Crippen LogP contribution in [0, 0.1) is 0 Å². The van der Waals surface area contributed by atoms with Crippen LogP contribution in [0.1, 0.15) is 24.5 Å². The molecule has 2 N–H and O–H groups in total. The third kappa shape index (κ3) is 6.06. The Morgan fingerprint density at radius 1 is 1.42 bits per heavy atom. The second-order valence-electron chi connectivity index (χ2n) is 4.09. The molecule has 0 fully saturated rings. The summed E-state index contributed by atoms with van der Waals surface area (Å²) in [5, 5.41) is 12.1. The molecule has 0 radical (unpaired) electrons. The molecule has 0 unspecified atom stereocenters. The number of nitrogens with one attached hydrogen (secondary N) is 1. The molecule has 1 rings (SSSR count). The number of rotatable bonds is 6. The molecule has 0 spiro atoms. The average molecular weight is 282 g/mol. The van der Waals surface area contributed by atoms with Crippen LogP contribution in [0.15, 0.2) is 24.3 Å². The lowest BCUT2D eigenvalue weighted by atomic mass is 10.0. The number of aliphatic carboxylic acids is 1. The first-order valence-corrected chi connectivity index (χ1v) is 6.28. The maximum atomic E-state index is 10.8. The molecule has 4 nitrogen and oxygen atoms in total. The fourth-order valence-electron chi connectivity index (χ4n) is 1.59. The van der Waals surface area contributed by atoms with Crippen LogP contribution in [0.3, 0.4) is 0 Å². The molecule has 0 aromatic heterocycles. The summed E-state index contributed by atoms with van der Waals surface area (Å²) in [4.78, 5) is 21.4. The minimum Gasteiger partial charge on any atom is -0.481 e. The fraction of sp³-hybridized carbons (Fsp3) is 0.286. The number of hydrogen-bond acceptors (Lipinski definition) is 2. The third-order valence-electron chi connectivity index (χ3n) is 2.43. The average Bonchev–Trinajstić information content (AvgIpc) is 2.31. The summed E-state index contributed by atoms with van der Waals surface area (Å²) in [7, 11) is 0. The predicted molar refractivity (Wildman–Crippen MR) is 75.1 cm³/mol. The first kappa shape index (κ1) is 15.2. The summed E-state index contributed by atoms with van der Waals surface area (Å²) in [6, 6.07) is 5.12. The Morgan fingerprint density at radius 2 is 2.16 bits per heavy atom. The summed E-state index contributed by atoms with van der Waals surface area (Å²) in [5.74, 6) is -0.946. The Morgan fingerprint density at radius 3 is 2.79 bits per heavy atom. The van der Waals surface area contributed by atoms with E-state index in [0.717, 1.165) is 5.56 Å². The van der Waals surface area contributed by atoms with Crippen molar-refractivity contribution >= 4 is 29.6 Å². The smallest absolute Gasteiger partial charge is 0.307 e. The number of hydrogen-bond donors (Lipinski definition) is 2. The van der Waals surface area contributed by atoms with Crippen LogP contribution in [-0.2, 0) is 16.0 Å². The van der Waals surface area contributed by atoms with Crippen LogP contribution in [0.5, 0.6) is 0 Å². The van der Waals surface area contributed by atoms with Gasteiger partial charge >= 0.3 is 5.97 Å². The van der Waals surface area contributed by atoms with Crippen LogP contribution in [-0.4, -0.2) is 23.5 Å². The van der Waals surface area contributed by atoms with Gasteiger partial charge in [0, 0.05) is 18.5 Å². The topological polar surface area (TPSA) is 66.4 Å². The normalized spacial score (nSPS) is 10.6. The zero-order valence-corrected chi connectivity index (χ0v) is 11.4. The fourth-order valence-corrected chi connectivity index (χ4v) is 1.77. The van der Waals surface area contributed by atoms with Crippen molar-refractivity contribution in [2.75, 3.05) is 6.54 Å². The molecule has 19 heavy (non-hydrogen) atoms. The van der Waals surface area contributed by atoms with Gasteiger partial charge in [0.2, 0.25) is 5.91 Å². The maximum Gasteiger partial charge on any atom is 0.307 e. The highest BCUT2D eigenvalue weighted by Gasteiger charge is 2.05. The maximum absolute atomic E-state index is 10.8. The number of carbonyl (C=O) groups excluding carboxylic acids is 1. The number of carboxylic acids is 1. The molecule has 1 amide bonds. The van der Waals surface area contributed by atoms with Crippen LogP contribution < -0.4 is 5.32 Å². The molecular formula is C14H16ClNO3. The van der Waals surface area contributed by atoms with Crippen molar-refractivity contribution in [3.63, 3.8) is 0 Å². The highest BCUT2D eigenvalue weighted by atomic mass is 35.5. The number of halogens is 1. The van der Waals surface area contributed by atoms with Gasteiger partial charge in [0.25, 0.3) is 0 Å². The van der Waals surface area contributed by atoms with Gasteiger partial charge in [-0.05, 0) is 29.7 Å². The Labute approximate surface area is 117 Å². The van der Waals surface area contributed by atoms with E-state index in [0.29, 0.717) is 23.6 Å². The standard InChI is InChI=1S/C14H16ClNO3/c1-10(17)16-7-3-2-4-11-8-13(15)6-5-12(11)9-14(18)19/h2,4-6,8H,3,7,9H2,1H3,(H,16,17)(H,18,19). The van der Waals surface area contributed by atoms with E-state index >= 15 is 0 Å². The van der Waals surface area contributed by atoms with E-state index in [2.05, 4.69) is 5.32 Å². The molecule has 0 heterocycles. The molecule has 0 aliphatic heterocycles. The number of benzene rings is 1. The van der Waals surface area contributed by atoms with Gasteiger partial charge in [-0.3, -0.25) is 9.59 Å². The van der Waals surface area contributed by atoms with Gasteiger partial charge in [-0.2, -0.15) is 0 Å². The zero-order chi connectivity index (χ0) is 14.3. The number of carbonyl (C=O) groups is 2. The highest BCUT2D eigenvalue weighted by Crippen LogP contribution is 2.18. The van der Waals surface area contributed by atoms with Crippen LogP contribution >= 0.6 is 11.6 Å².